The number of carbonyl (C=O) groups is 1. The lowest BCUT2D eigenvalue weighted by Gasteiger charge is -2.13. The van der Waals surface area contributed by atoms with Gasteiger partial charge in [-0.25, -0.2) is 0 Å². The minimum Gasteiger partial charge on any atom is -0.349 e. The number of thioether (sulfide) groups is 1. The Balaban J connectivity index is 1.94. The Kier molecular flexibility index (Phi) is 5.60. The fourth-order valence-electron chi connectivity index (χ4n) is 2.41. The second-order valence-electron chi connectivity index (χ2n) is 4.72. The van der Waals surface area contributed by atoms with E-state index in [4.69, 9.17) is 11.6 Å². The lowest BCUT2D eigenvalue weighted by molar-refractivity contribution is 0.0938. The highest BCUT2D eigenvalue weighted by atomic mass is 79.9. The first-order valence-electron chi connectivity index (χ1n) is 6.47. The van der Waals surface area contributed by atoms with Crippen LogP contribution < -0.4 is 5.32 Å². The van der Waals surface area contributed by atoms with Crippen LogP contribution in [0.1, 0.15) is 36.5 Å². The maximum absolute atomic E-state index is 12.2. The summed E-state index contributed by atoms with van der Waals surface area (Å²) >= 11 is 11.3. The molecule has 1 aliphatic carbocycles. The average molecular weight is 363 g/mol. The number of amides is 1. The normalized spacial score (nSPS) is 22.5. The Hall–Kier alpha value is -0.190. The number of rotatable bonds is 4. The largest absolute Gasteiger partial charge is 0.349 e. The van der Waals surface area contributed by atoms with Gasteiger partial charge in [0, 0.05) is 26.4 Å². The molecule has 1 saturated carbocycles. The van der Waals surface area contributed by atoms with E-state index in [0.29, 0.717) is 21.9 Å². The van der Waals surface area contributed by atoms with Gasteiger partial charge in [-0.15, -0.1) is 0 Å². The molecular formula is C14H17BrClNOS. The van der Waals surface area contributed by atoms with Crippen LogP contribution in [0.4, 0.5) is 0 Å². The van der Waals surface area contributed by atoms with Crippen LogP contribution >= 0.6 is 39.3 Å². The van der Waals surface area contributed by atoms with E-state index < -0.39 is 0 Å². The van der Waals surface area contributed by atoms with Crippen LogP contribution in [0.5, 0.6) is 0 Å². The summed E-state index contributed by atoms with van der Waals surface area (Å²) in [7, 11) is 0. The first-order chi connectivity index (χ1) is 9.08. The average Bonchev–Trinajstić information content (AvgIpc) is 2.76. The van der Waals surface area contributed by atoms with Crippen LogP contribution in [-0.4, -0.2) is 23.0 Å². The van der Waals surface area contributed by atoms with Crippen molar-refractivity contribution in [2.24, 2.45) is 0 Å². The Bertz CT molecular complexity index is 449. The van der Waals surface area contributed by atoms with Gasteiger partial charge in [0.25, 0.3) is 5.91 Å². The maximum Gasteiger partial charge on any atom is 0.251 e. The molecule has 2 rings (SSSR count). The van der Waals surface area contributed by atoms with Crippen LogP contribution in [0, 0.1) is 0 Å². The molecule has 0 aromatic heterocycles. The molecule has 0 spiro atoms. The van der Waals surface area contributed by atoms with Gasteiger partial charge in [-0.2, -0.15) is 11.8 Å². The van der Waals surface area contributed by atoms with Crippen molar-refractivity contribution < 1.29 is 4.79 Å². The second kappa shape index (κ2) is 7.00. The summed E-state index contributed by atoms with van der Waals surface area (Å²) in [6, 6.07) is 5.58. The van der Waals surface area contributed by atoms with Crippen molar-refractivity contribution >= 4 is 45.2 Å². The van der Waals surface area contributed by atoms with Crippen LogP contribution in [0.3, 0.4) is 0 Å². The van der Waals surface area contributed by atoms with Crippen molar-refractivity contribution in [3.8, 4) is 0 Å². The van der Waals surface area contributed by atoms with Crippen LogP contribution in [0.2, 0.25) is 5.02 Å². The van der Waals surface area contributed by atoms with Crippen LogP contribution in [-0.2, 0) is 0 Å². The lowest BCUT2D eigenvalue weighted by atomic mass is 10.2. The monoisotopic (exact) mass is 361 g/mol. The fourth-order valence-corrected chi connectivity index (χ4v) is 4.41. The fraction of sp³-hybridized carbons (Fsp3) is 0.500. The minimum atomic E-state index is -0.0321. The summed E-state index contributed by atoms with van der Waals surface area (Å²) in [5.74, 6) is 1.11. The molecule has 1 aromatic rings. The van der Waals surface area contributed by atoms with Gasteiger partial charge < -0.3 is 5.32 Å². The molecule has 0 radical (unpaired) electrons. The van der Waals surface area contributed by atoms with Gasteiger partial charge in [-0.3, -0.25) is 4.79 Å². The molecule has 1 fully saturated rings. The van der Waals surface area contributed by atoms with Gasteiger partial charge in [-0.1, -0.05) is 34.5 Å². The van der Waals surface area contributed by atoms with E-state index in [1.807, 2.05) is 11.8 Å². The number of hydrogen-bond donors (Lipinski definition) is 1. The summed E-state index contributed by atoms with van der Waals surface area (Å²) < 4.78 is 0.830. The predicted molar refractivity (Wildman–Crippen MR) is 86.2 cm³/mol. The number of nitrogens with one attached hydrogen (secondary N) is 1. The Morgan fingerprint density at radius 3 is 2.95 bits per heavy atom. The number of benzene rings is 1. The molecule has 1 amide bonds. The molecule has 0 heterocycles. The van der Waals surface area contributed by atoms with E-state index in [-0.39, 0.29) is 5.91 Å². The van der Waals surface area contributed by atoms with Crippen molar-refractivity contribution in [3.63, 3.8) is 0 Å². The number of hydrogen-bond acceptors (Lipinski definition) is 2. The number of carbonyl (C=O) groups excluding carboxylic acids is 1. The van der Waals surface area contributed by atoms with E-state index >= 15 is 0 Å². The van der Waals surface area contributed by atoms with Gasteiger partial charge in [0.15, 0.2) is 0 Å². The molecule has 19 heavy (non-hydrogen) atoms. The third kappa shape index (κ3) is 4.40. The van der Waals surface area contributed by atoms with E-state index in [9.17, 15) is 4.79 Å². The predicted octanol–water partition coefficient (Wildman–Crippen LogP) is 4.51. The molecule has 104 valence electrons. The smallest absolute Gasteiger partial charge is 0.251 e. The molecule has 2 nitrogen and oxygen atoms in total. The Morgan fingerprint density at radius 1 is 1.47 bits per heavy atom. The zero-order chi connectivity index (χ0) is 13.8. The molecule has 2 unspecified atom stereocenters. The molecule has 1 aromatic carbocycles. The summed E-state index contributed by atoms with van der Waals surface area (Å²) in [6.07, 6.45) is 3.35. The van der Waals surface area contributed by atoms with Gasteiger partial charge in [0.05, 0.1) is 0 Å². The Morgan fingerprint density at radius 2 is 2.26 bits per heavy atom. The van der Waals surface area contributed by atoms with Crippen molar-refractivity contribution in [2.75, 3.05) is 5.75 Å². The molecular weight excluding hydrogens is 346 g/mol. The molecule has 0 aliphatic heterocycles. The molecule has 0 bridgehead atoms. The third-order valence-corrected chi connectivity index (χ3v) is 5.16. The second-order valence-corrected chi connectivity index (χ2v) is 7.65. The number of halogens is 2. The van der Waals surface area contributed by atoms with Crippen LogP contribution in [0.15, 0.2) is 22.7 Å². The zero-order valence-electron chi connectivity index (χ0n) is 10.8. The highest BCUT2D eigenvalue weighted by molar-refractivity contribution is 9.10. The summed E-state index contributed by atoms with van der Waals surface area (Å²) in [6.45, 7) is 2.18. The van der Waals surface area contributed by atoms with Gasteiger partial charge in [-0.05, 0) is 43.2 Å². The Labute approximate surface area is 131 Å². The van der Waals surface area contributed by atoms with E-state index in [1.165, 1.54) is 6.42 Å². The van der Waals surface area contributed by atoms with E-state index in [2.05, 4.69) is 28.2 Å². The molecule has 0 saturated heterocycles. The highest BCUT2D eigenvalue weighted by Crippen LogP contribution is 2.30. The van der Waals surface area contributed by atoms with Crippen molar-refractivity contribution in [1.29, 1.82) is 0 Å². The van der Waals surface area contributed by atoms with Gasteiger partial charge in [0.1, 0.15) is 0 Å². The summed E-state index contributed by atoms with van der Waals surface area (Å²) in [5.41, 5.74) is 0.617. The SMILES string of the molecule is CCSC1CCC(NC(=O)c2cc(Cl)cc(Br)c2)C1. The van der Waals surface area contributed by atoms with Gasteiger partial charge in [0.2, 0.25) is 0 Å². The molecule has 1 N–H and O–H groups in total. The topological polar surface area (TPSA) is 29.1 Å². The minimum absolute atomic E-state index is 0.0321. The first kappa shape index (κ1) is 15.2. The van der Waals surface area contributed by atoms with E-state index in [1.54, 1.807) is 18.2 Å². The lowest BCUT2D eigenvalue weighted by Crippen LogP contribution is -2.33. The molecule has 2 atom stereocenters. The van der Waals surface area contributed by atoms with Gasteiger partial charge >= 0.3 is 0 Å². The van der Waals surface area contributed by atoms with E-state index in [0.717, 1.165) is 23.1 Å². The zero-order valence-corrected chi connectivity index (χ0v) is 13.9. The van der Waals surface area contributed by atoms with Crippen molar-refractivity contribution in [2.45, 2.75) is 37.5 Å². The highest BCUT2D eigenvalue weighted by Gasteiger charge is 2.26. The summed E-state index contributed by atoms with van der Waals surface area (Å²) in [5, 5.41) is 4.38. The quantitative estimate of drug-likeness (QED) is 0.854. The molecule has 1 aliphatic rings. The molecule has 5 heteroatoms. The van der Waals surface area contributed by atoms with Crippen molar-refractivity contribution in [3.05, 3.63) is 33.3 Å². The third-order valence-electron chi connectivity index (χ3n) is 3.25. The maximum atomic E-state index is 12.2. The van der Waals surface area contributed by atoms with Crippen LogP contribution in [0.25, 0.3) is 0 Å². The van der Waals surface area contributed by atoms with Crippen molar-refractivity contribution in [1.82, 2.24) is 5.32 Å². The first-order valence-corrected chi connectivity index (χ1v) is 8.69. The summed E-state index contributed by atoms with van der Waals surface area (Å²) in [4.78, 5) is 12.2. The standard InChI is InChI=1S/C14H17BrClNOS/c1-2-19-13-4-3-12(8-13)17-14(18)9-5-10(15)7-11(16)6-9/h5-7,12-13H,2-4,8H2,1H3,(H,17,18).